The van der Waals surface area contributed by atoms with Crippen LogP contribution in [0.3, 0.4) is 0 Å². The van der Waals surface area contributed by atoms with E-state index in [2.05, 4.69) is 56.0 Å². The van der Waals surface area contributed by atoms with E-state index in [0.29, 0.717) is 6.04 Å². The lowest BCUT2D eigenvalue weighted by Crippen LogP contribution is -2.33. The van der Waals surface area contributed by atoms with Crippen molar-refractivity contribution in [2.24, 2.45) is 11.7 Å². The summed E-state index contributed by atoms with van der Waals surface area (Å²) >= 11 is 0. The van der Waals surface area contributed by atoms with Gasteiger partial charge in [-0.2, -0.15) is 0 Å². The second-order valence-corrected chi connectivity index (χ2v) is 5.10. The predicted molar refractivity (Wildman–Crippen MR) is 79.6 cm³/mol. The van der Waals surface area contributed by atoms with E-state index < -0.39 is 0 Å². The normalized spacial score (nSPS) is 14.7. The van der Waals surface area contributed by atoms with Crippen molar-refractivity contribution in [1.29, 1.82) is 0 Å². The van der Waals surface area contributed by atoms with Gasteiger partial charge in [0.2, 0.25) is 0 Å². The van der Waals surface area contributed by atoms with Crippen LogP contribution in [-0.2, 0) is 0 Å². The average molecular weight is 248 g/mol. The monoisotopic (exact) mass is 248 g/mol. The van der Waals surface area contributed by atoms with Crippen LogP contribution in [0.15, 0.2) is 30.3 Å². The summed E-state index contributed by atoms with van der Waals surface area (Å²) in [5.74, 6) is 0.744. The minimum Gasteiger partial charge on any atom is -0.330 e. The molecular weight excluding hydrogens is 220 g/mol. The predicted octanol–water partition coefficient (Wildman–Crippen LogP) is 3.44. The standard InChI is InChI=1S/C16H28N2/c1-4-14(3)13-18(5-2)16(11-12-17)15-9-7-6-8-10-15/h6-10,14,16H,4-5,11-13,17H2,1-3H3. The lowest BCUT2D eigenvalue weighted by Gasteiger charge is -2.33. The van der Waals surface area contributed by atoms with E-state index in [1.807, 2.05) is 0 Å². The highest BCUT2D eigenvalue weighted by Crippen LogP contribution is 2.24. The first kappa shape index (κ1) is 15.2. The molecule has 0 fully saturated rings. The van der Waals surface area contributed by atoms with Crippen LogP contribution in [0.1, 0.15) is 45.2 Å². The first-order valence-corrected chi connectivity index (χ1v) is 7.21. The van der Waals surface area contributed by atoms with Crippen LogP contribution in [0, 0.1) is 5.92 Å². The largest absolute Gasteiger partial charge is 0.330 e. The Labute approximate surface area is 112 Å². The lowest BCUT2D eigenvalue weighted by atomic mass is 9.99. The van der Waals surface area contributed by atoms with Gasteiger partial charge in [0.05, 0.1) is 0 Å². The molecule has 0 heterocycles. The molecule has 0 amide bonds. The van der Waals surface area contributed by atoms with E-state index in [1.54, 1.807) is 0 Å². The van der Waals surface area contributed by atoms with Gasteiger partial charge in [0, 0.05) is 12.6 Å². The first-order valence-electron chi connectivity index (χ1n) is 7.21. The van der Waals surface area contributed by atoms with Crippen molar-refractivity contribution in [3.63, 3.8) is 0 Å². The Balaban J connectivity index is 2.81. The first-order chi connectivity index (χ1) is 8.72. The Morgan fingerprint density at radius 3 is 2.33 bits per heavy atom. The maximum Gasteiger partial charge on any atom is 0.0360 e. The van der Waals surface area contributed by atoms with Crippen LogP contribution >= 0.6 is 0 Å². The summed E-state index contributed by atoms with van der Waals surface area (Å²) in [6, 6.07) is 11.2. The molecule has 0 spiro atoms. The van der Waals surface area contributed by atoms with Crippen LogP contribution in [0.2, 0.25) is 0 Å². The molecule has 0 aliphatic heterocycles. The molecule has 2 heteroatoms. The van der Waals surface area contributed by atoms with Crippen LogP contribution in [0.25, 0.3) is 0 Å². The van der Waals surface area contributed by atoms with E-state index in [1.165, 1.54) is 12.0 Å². The summed E-state index contributed by atoms with van der Waals surface area (Å²) in [6.07, 6.45) is 2.27. The van der Waals surface area contributed by atoms with Gasteiger partial charge in [0.15, 0.2) is 0 Å². The molecule has 18 heavy (non-hydrogen) atoms. The molecular formula is C16H28N2. The summed E-state index contributed by atoms with van der Waals surface area (Å²) in [6.45, 7) is 9.83. The Bertz CT molecular complexity index is 310. The molecule has 0 radical (unpaired) electrons. The summed E-state index contributed by atoms with van der Waals surface area (Å²) < 4.78 is 0. The molecule has 2 N–H and O–H groups in total. The van der Waals surface area contributed by atoms with Gasteiger partial charge in [-0.25, -0.2) is 0 Å². The molecule has 0 saturated carbocycles. The molecule has 0 saturated heterocycles. The Hall–Kier alpha value is -0.860. The summed E-state index contributed by atoms with van der Waals surface area (Å²) in [7, 11) is 0. The average Bonchev–Trinajstić information content (AvgIpc) is 2.43. The second kappa shape index (κ2) is 8.28. The maximum absolute atomic E-state index is 5.80. The van der Waals surface area contributed by atoms with Crippen molar-refractivity contribution < 1.29 is 0 Å². The number of hydrogen-bond acceptors (Lipinski definition) is 2. The van der Waals surface area contributed by atoms with Gasteiger partial charge >= 0.3 is 0 Å². The minimum atomic E-state index is 0.468. The quantitative estimate of drug-likeness (QED) is 0.763. The summed E-state index contributed by atoms with van der Waals surface area (Å²) in [4.78, 5) is 2.57. The highest BCUT2D eigenvalue weighted by Gasteiger charge is 2.19. The van der Waals surface area contributed by atoms with Crippen LogP contribution in [0.5, 0.6) is 0 Å². The molecule has 1 aromatic rings. The molecule has 0 aliphatic carbocycles. The number of rotatable bonds is 8. The zero-order valence-corrected chi connectivity index (χ0v) is 12.1. The van der Waals surface area contributed by atoms with Crippen LogP contribution in [-0.4, -0.2) is 24.5 Å². The zero-order chi connectivity index (χ0) is 13.4. The van der Waals surface area contributed by atoms with Gasteiger partial charge in [-0.15, -0.1) is 0 Å². The van der Waals surface area contributed by atoms with Gasteiger partial charge in [0.25, 0.3) is 0 Å². The van der Waals surface area contributed by atoms with Gasteiger partial charge < -0.3 is 5.73 Å². The lowest BCUT2D eigenvalue weighted by molar-refractivity contribution is 0.171. The maximum atomic E-state index is 5.80. The Morgan fingerprint density at radius 1 is 1.17 bits per heavy atom. The fourth-order valence-corrected chi connectivity index (χ4v) is 2.40. The van der Waals surface area contributed by atoms with E-state index in [4.69, 9.17) is 5.73 Å². The van der Waals surface area contributed by atoms with Crippen molar-refractivity contribution in [3.8, 4) is 0 Å². The fraction of sp³-hybridized carbons (Fsp3) is 0.625. The van der Waals surface area contributed by atoms with Gasteiger partial charge in [0.1, 0.15) is 0 Å². The number of benzene rings is 1. The third kappa shape index (κ3) is 4.43. The zero-order valence-electron chi connectivity index (χ0n) is 12.1. The number of nitrogens with zero attached hydrogens (tertiary/aromatic N) is 1. The van der Waals surface area contributed by atoms with E-state index in [0.717, 1.165) is 32.0 Å². The van der Waals surface area contributed by atoms with Gasteiger partial charge in [-0.3, -0.25) is 4.90 Å². The van der Waals surface area contributed by atoms with Crippen molar-refractivity contribution in [2.75, 3.05) is 19.6 Å². The highest BCUT2D eigenvalue weighted by atomic mass is 15.2. The number of hydrogen-bond donors (Lipinski definition) is 1. The highest BCUT2D eigenvalue weighted by molar-refractivity contribution is 5.19. The molecule has 0 bridgehead atoms. The fourth-order valence-electron chi connectivity index (χ4n) is 2.40. The Kier molecular flexibility index (Phi) is 6.99. The minimum absolute atomic E-state index is 0.468. The summed E-state index contributed by atoms with van der Waals surface area (Å²) in [5.41, 5.74) is 7.19. The van der Waals surface area contributed by atoms with Crippen molar-refractivity contribution in [2.45, 2.75) is 39.7 Å². The van der Waals surface area contributed by atoms with Gasteiger partial charge in [-0.1, -0.05) is 57.5 Å². The van der Waals surface area contributed by atoms with Crippen molar-refractivity contribution in [1.82, 2.24) is 4.90 Å². The Morgan fingerprint density at radius 2 is 1.83 bits per heavy atom. The van der Waals surface area contributed by atoms with E-state index in [-0.39, 0.29) is 0 Å². The topological polar surface area (TPSA) is 29.3 Å². The van der Waals surface area contributed by atoms with E-state index >= 15 is 0 Å². The second-order valence-electron chi connectivity index (χ2n) is 5.10. The van der Waals surface area contributed by atoms with E-state index in [9.17, 15) is 0 Å². The SMILES string of the molecule is CCC(C)CN(CC)C(CCN)c1ccccc1. The summed E-state index contributed by atoms with van der Waals surface area (Å²) in [5, 5.41) is 0. The molecule has 0 aliphatic rings. The third-order valence-electron chi connectivity index (χ3n) is 3.71. The molecule has 0 aromatic heterocycles. The molecule has 2 atom stereocenters. The molecule has 2 unspecified atom stereocenters. The van der Waals surface area contributed by atoms with Gasteiger partial charge in [-0.05, 0) is 31.0 Å². The third-order valence-corrected chi connectivity index (χ3v) is 3.71. The van der Waals surface area contributed by atoms with Crippen molar-refractivity contribution in [3.05, 3.63) is 35.9 Å². The van der Waals surface area contributed by atoms with Crippen LogP contribution in [0.4, 0.5) is 0 Å². The molecule has 1 rings (SSSR count). The van der Waals surface area contributed by atoms with Crippen molar-refractivity contribution >= 4 is 0 Å². The smallest absolute Gasteiger partial charge is 0.0360 e. The van der Waals surface area contributed by atoms with Crippen LogP contribution < -0.4 is 5.73 Å². The molecule has 2 nitrogen and oxygen atoms in total. The molecule has 1 aromatic carbocycles. The number of nitrogens with two attached hydrogens (primary N) is 1. The molecule has 102 valence electrons.